The van der Waals surface area contributed by atoms with Crippen LogP contribution in [-0.2, 0) is 9.53 Å². The van der Waals surface area contributed by atoms with Gasteiger partial charge in [-0.2, -0.15) is 0 Å². The standard InChI is InChI=1S/C24H29NO6/c1-27-20-10-6-11-21(28-2)23(20)29-16-22(26)25-13-7-12-24(17-25)14-19(15-30-24)31-18-8-4-3-5-9-18/h3-6,8-11,19H,7,12-17H2,1-2H3/t19-,24-/m1/s1. The largest absolute Gasteiger partial charge is 0.493 e. The Morgan fingerprint density at radius 1 is 1.10 bits per heavy atom. The number of para-hydroxylation sites is 2. The Balaban J connectivity index is 1.35. The first-order chi connectivity index (χ1) is 15.1. The minimum absolute atomic E-state index is 0.00783. The van der Waals surface area contributed by atoms with E-state index in [1.54, 1.807) is 26.4 Å². The van der Waals surface area contributed by atoms with Crippen LogP contribution in [0.5, 0.6) is 23.0 Å². The maximum absolute atomic E-state index is 12.9. The van der Waals surface area contributed by atoms with Crippen molar-refractivity contribution < 1.29 is 28.5 Å². The summed E-state index contributed by atoms with van der Waals surface area (Å²) in [5.41, 5.74) is -0.352. The molecule has 2 saturated heterocycles. The van der Waals surface area contributed by atoms with Crippen molar-refractivity contribution in [3.8, 4) is 23.0 Å². The second-order valence-electron chi connectivity index (χ2n) is 7.95. The predicted octanol–water partition coefficient (Wildman–Crippen LogP) is 3.31. The molecule has 1 spiro atoms. The lowest BCUT2D eigenvalue weighted by molar-refractivity contribution is -0.141. The number of rotatable bonds is 7. The highest BCUT2D eigenvalue weighted by atomic mass is 16.6. The Morgan fingerprint density at radius 2 is 1.84 bits per heavy atom. The third-order valence-corrected chi connectivity index (χ3v) is 5.84. The van der Waals surface area contributed by atoms with E-state index in [1.165, 1.54) is 0 Å². The summed E-state index contributed by atoms with van der Waals surface area (Å²) in [6.07, 6.45) is 2.58. The van der Waals surface area contributed by atoms with Crippen LogP contribution in [-0.4, -0.2) is 63.0 Å². The first-order valence-corrected chi connectivity index (χ1v) is 10.6. The molecule has 2 heterocycles. The molecule has 0 unspecified atom stereocenters. The summed E-state index contributed by atoms with van der Waals surface area (Å²) in [6.45, 7) is 1.69. The van der Waals surface area contributed by atoms with Crippen molar-refractivity contribution in [1.29, 1.82) is 0 Å². The number of likely N-dealkylation sites (tertiary alicyclic amines) is 1. The van der Waals surface area contributed by atoms with Crippen LogP contribution in [0.2, 0.25) is 0 Å². The third kappa shape index (κ3) is 4.88. The van der Waals surface area contributed by atoms with Crippen LogP contribution in [0.4, 0.5) is 0 Å². The number of carbonyl (C=O) groups excluding carboxylic acids is 1. The third-order valence-electron chi connectivity index (χ3n) is 5.84. The van der Waals surface area contributed by atoms with Crippen LogP contribution in [0.3, 0.4) is 0 Å². The van der Waals surface area contributed by atoms with Crippen LogP contribution in [0.25, 0.3) is 0 Å². The number of hydrogen-bond acceptors (Lipinski definition) is 6. The van der Waals surface area contributed by atoms with E-state index >= 15 is 0 Å². The average Bonchev–Trinajstić information content (AvgIpc) is 3.18. The normalized spacial score (nSPS) is 22.9. The lowest BCUT2D eigenvalue weighted by Gasteiger charge is -2.39. The zero-order valence-corrected chi connectivity index (χ0v) is 18.0. The number of carbonyl (C=O) groups is 1. The van der Waals surface area contributed by atoms with Gasteiger partial charge in [0.1, 0.15) is 11.9 Å². The van der Waals surface area contributed by atoms with E-state index in [1.807, 2.05) is 41.3 Å². The Bertz CT molecular complexity index is 867. The van der Waals surface area contributed by atoms with Crippen LogP contribution in [0.15, 0.2) is 48.5 Å². The molecule has 4 rings (SSSR count). The molecule has 2 aromatic carbocycles. The summed E-state index contributed by atoms with van der Waals surface area (Å²) in [6, 6.07) is 15.1. The highest BCUT2D eigenvalue weighted by molar-refractivity contribution is 5.78. The fourth-order valence-corrected chi connectivity index (χ4v) is 4.35. The summed E-state index contributed by atoms with van der Waals surface area (Å²) in [7, 11) is 3.12. The summed E-state index contributed by atoms with van der Waals surface area (Å²) < 4.78 is 28.7. The Kier molecular flexibility index (Phi) is 6.51. The summed E-state index contributed by atoms with van der Waals surface area (Å²) >= 11 is 0. The molecule has 2 fully saturated rings. The number of amides is 1. The van der Waals surface area contributed by atoms with Gasteiger partial charge in [0.2, 0.25) is 5.75 Å². The smallest absolute Gasteiger partial charge is 0.260 e. The van der Waals surface area contributed by atoms with Gasteiger partial charge in [-0.25, -0.2) is 0 Å². The van der Waals surface area contributed by atoms with E-state index in [0.717, 1.165) is 25.0 Å². The molecule has 0 aromatic heterocycles. The lowest BCUT2D eigenvalue weighted by atomic mass is 9.89. The molecule has 0 aliphatic carbocycles. The molecule has 0 bridgehead atoms. The monoisotopic (exact) mass is 427 g/mol. The number of nitrogens with zero attached hydrogens (tertiary/aromatic N) is 1. The minimum atomic E-state index is -0.352. The first kappa shape index (κ1) is 21.3. The van der Waals surface area contributed by atoms with Gasteiger partial charge in [-0.1, -0.05) is 24.3 Å². The van der Waals surface area contributed by atoms with Gasteiger partial charge in [0.15, 0.2) is 18.1 Å². The second-order valence-corrected chi connectivity index (χ2v) is 7.95. The number of ether oxygens (including phenoxy) is 5. The highest BCUT2D eigenvalue weighted by Crippen LogP contribution is 2.38. The lowest BCUT2D eigenvalue weighted by Crippen LogP contribution is -2.51. The fraction of sp³-hybridized carbons (Fsp3) is 0.458. The van der Waals surface area contributed by atoms with Crippen molar-refractivity contribution >= 4 is 5.91 Å². The number of benzene rings is 2. The molecule has 2 aliphatic heterocycles. The van der Waals surface area contributed by atoms with E-state index in [2.05, 4.69) is 0 Å². The zero-order chi connectivity index (χ0) is 21.7. The molecule has 1 amide bonds. The Labute approximate surface area is 182 Å². The molecule has 0 N–H and O–H groups in total. The first-order valence-electron chi connectivity index (χ1n) is 10.6. The van der Waals surface area contributed by atoms with E-state index in [-0.39, 0.29) is 24.2 Å². The molecule has 2 atom stereocenters. The second kappa shape index (κ2) is 9.47. The van der Waals surface area contributed by atoms with Gasteiger partial charge in [0, 0.05) is 19.5 Å². The minimum Gasteiger partial charge on any atom is -0.493 e. The zero-order valence-electron chi connectivity index (χ0n) is 18.0. The number of piperidine rings is 1. The Morgan fingerprint density at radius 3 is 2.55 bits per heavy atom. The molecule has 7 nitrogen and oxygen atoms in total. The van der Waals surface area contributed by atoms with E-state index in [0.29, 0.717) is 36.9 Å². The molecule has 31 heavy (non-hydrogen) atoms. The van der Waals surface area contributed by atoms with Crippen LogP contribution in [0.1, 0.15) is 19.3 Å². The van der Waals surface area contributed by atoms with Gasteiger partial charge in [-0.15, -0.1) is 0 Å². The number of hydrogen-bond donors (Lipinski definition) is 0. The molecule has 166 valence electrons. The van der Waals surface area contributed by atoms with Gasteiger partial charge in [-0.3, -0.25) is 4.79 Å². The van der Waals surface area contributed by atoms with Gasteiger partial charge < -0.3 is 28.6 Å². The fourth-order valence-electron chi connectivity index (χ4n) is 4.35. The topological polar surface area (TPSA) is 66.5 Å². The van der Waals surface area contributed by atoms with Crippen molar-refractivity contribution in [2.24, 2.45) is 0 Å². The van der Waals surface area contributed by atoms with Gasteiger partial charge in [0.25, 0.3) is 5.91 Å². The summed E-state index contributed by atoms with van der Waals surface area (Å²) in [5, 5.41) is 0. The Hall–Kier alpha value is -2.93. The van der Waals surface area contributed by atoms with Gasteiger partial charge >= 0.3 is 0 Å². The van der Waals surface area contributed by atoms with Crippen molar-refractivity contribution in [3.05, 3.63) is 48.5 Å². The molecule has 7 heteroatoms. The summed E-state index contributed by atoms with van der Waals surface area (Å²) in [5.74, 6) is 2.25. The summed E-state index contributed by atoms with van der Waals surface area (Å²) in [4.78, 5) is 14.7. The van der Waals surface area contributed by atoms with E-state index in [9.17, 15) is 4.79 Å². The molecule has 2 aliphatic rings. The van der Waals surface area contributed by atoms with Gasteiger partial charge in [0.05, 0.1) is 26.4 Å². The molecular weight excluding hydrogens is 398 g/mol. The van der Waals surface area contributed by atoms with Crippen LogP contribution < -0.4 is 18.9 Å². The highest BCUT2D eigenvalue weighted by Gasteiger charge is 2.45. The SMILES string of the molecule is COc1cccc(OC)c1OCC(=O)N1CCC[C@@]2(C[C@@H](Oc3ccccc3)CO2)C1. The van der Waals surface area contributed by atoms with E-state index < -0.39 is 0 Å². The molecule has 0 radical (unpaired) electrons. The average molecular weight is 427 g/mol. The maximum atomic E-state index is 12.9. The quantitative estimate of drug-likeness (QED) is 0.676. The molecule has 2 aromatic rings. The predicted molar refractivity (Wildman–Crippen MR) is 115 cm³/mol. The molecular formula is C24H29NO6. The maximum Gasteiger partial charge on any atom is 0.260 e. The van der Waals surface area contributed by atoms with Crippen molar-refractivity contribution in [3.63, 3.8) is 0 Å². The van der Waals surface area contributed by atoms with Gasteiger partial charge in [-0.05, 0) is 37.1 Å². The van der Waals surface area contributed by atoms with Crippen molar-refractivity contribution in [1.82, 2.24) is 4.90 Å². The van der Waals surface area contributed by atoms with Crippen LogP contribution in [0, 0.1) is 0 Å². The van der Waals surface area contributed by atoms with Crippen molar-refractivity contribution in [2.75, 3.05) is 40.5 Å². The van der Waals surface area contributed by atoms with Crippen LogP contribution >= 0.6 is 0 Å². The number of methoxy groups -OCH3 is 2. The molecule has 0 saturated carbocycles. The van der Waals surface area contributed by atoms with E-state index in [4.69, 9.17) is 23.7 Å². The van der Waals surface area contributed by atoms with Crippen molar-refractivity contribution in [2.45, 2.75) is 31.0 Å².